The van der Waals surface area contributed by atoms with Gasteiger partial charge in [-0.05, 0) is 66.0 Å². The number of carboxylic acids is 1. The van der Waals surface area contributed by atoms with Gasteiger partial charge in [-0.2, -0.15) is 5.26 Å². The Morgan fingerprint density at radius 3 is 2.69 bits per heavy atom. The third-order valence-corrected chi connectivity index (χ3v) is 7.46. The zero-order chi connectivity index (χ0) is 23.2. The van der Waals surface area contributed by atoms with E-state index in [4.69, 9.17) is 4.98 Å². The number of para-hydroxylation sites is 1. The van der Waals surface area contributed by atoms with Gasteiger partial charge in [0, 0.05) is 18.1 Å². The van der Waals surface area contributed by atoms with Gasteiger partial charge in [0.15, 0.2) is 0 Å². The van der Waals surface area contributed by atoms with Crippen molar-refractivity contribution in [3.05, 3.63) is 64.1 Å². The van der Waals surface area contributed by atoms with Crippen LogP contribution in [0.25, 0.3) is 22.6 Å². The number of aromatic carboxylic acids is 1. The second kappa shape index (κ2) is 7.94. The molecular weight excluding hydrogens is 398 g/mol. The molecule has 3 aromatic rings. The van der Waals surface area contributed by atoms with Gasteiger partial charge in [0.05, 0.1) is 16.8 Å². The fourth-order valence-corrected chi connectivity index (χ4v) is 4.77. The number of hydrogen-bond acceptors (Lipinski definition) is 3. The minimum absolute atomic E-state index is 0.0573. The fraction of sp³-hybridized carbons (Fsp3) is 0.370. The maximum absolute atomic E-state index is 12.4. The van der Waals surface area contributed by atoms with Crippen LogP contribution in [0, 0.1) is 29.6 Å². The molecule has 1 aliphatic rings. The average molecular weight is 428 g/mol. The van der Waals surface area contributed by atoms with Gasteiger partial charge in [-0.15, -0.1) is 0 Å². The van der Waals surface area contributed by atoms with Crippen molar-refractivity contribution in [1.29, 1.82) is 5.26 Å². The van der Waals surface area contributed by atoms with Gasteiger partial charge in [-0.1, -0.05) is 45.4 Å². The Balaban J connectivity index is 2.02. The van der Waals surface area contributed by atoms with Crippen LogP contribution in [0.2, 0.25) is 0 Å². The summed E-state index contributed by atoms with van der Waals surface area (Å²) >= 11 is 0. The third kappa shape index (κ3) is 3.50. The fourth-order valence-electron chi connectivity index (χ4n) is 4.77. The summed E-state index contributed by atoms with van der Waals surface area (Å²) < 4.78 is 1.89. The van der Waals surface area contributed by atoms with Crippen LogP contribution in [0.5, 0.6) is 0 Å². The zero-order valence-electron chi connectivity index (χ0n) is 19.4. The molecule has 0 radical (unpaired) electrons. The largest absolute Gasteiger partial charge is 0.478 e. The van der Waals surface area contributed by atoms with Crippen LogP contribution < -0.4 is 0 Å². The number of nitriles is 1. The molecule has 2 aromatic heterocycles. The van der Waals surface area contributed by atoms with E-state index in [1.807, 2.05) is 48.9 Å². The van der Waals surface area contributed by atoms with E-state index in [0.29, 0.717) is 34.5 Å². The van der Waals surface area contributed by atoms with Crippen LogP contribution in [-0.4, -0.2) is 20.6 Å². The van der Waals surface area contributed by atoms with E-state index >= 15 is 0 Å². The quantitative estimate of drug-likeness (QED) is 0.554. The summed E-state index contributed by atoms with van der Waals surface area (Å²) in [6.45, 7) is 8.71. The predicted molar refractivity (Wildman–Crippen MR) is 127 cm³/mol. The Kier molecular flexibility index (Phi) is 5.42. The van der Waals surface area contributed by atoms with Crippen molar-refractivity contribution >= 4 is 28.5 Å². The van der Waals surface area contributed by atoms with Gasteiger partial charge in [0.2, 0.25) is 0 Å². The predicted octanol–water partition coefficient (Wildman–Crippen LogP) is 5.99. The number of hydrogen-bond donors (Lipinski definition) is 1. The minimum atomic E-state index is -0.906. The first-order valence-corrected chi connectivity index (χ1v) is 11.1. The molecule has 1 aliphatic carbocycles. The Bertz CT molecular complexity index is 1300. The smallest absolute Gasteiger partial charge is 0.336 e. The van der Waals surface area contributed by atoms with Gasteiger partial charge < -0.3 is 9.67 Å². The second-order valence-electron chi connectivity index (χ2n) is 9.49. The van der Waals surface area contributed by atoms with Gasteiger partial charge in [-0.3, -0.25) is 0 Å². The molecule has 0 aliphatic heterocycles. The maximum atomic E-state index is 12.4. The molecular formula is C27H29N3O2. The molecule has 0 amide bonds. The molecule has 0 spiro atoms. The highest BCUT2D eigenvalue weighted by atomic mass is 16.4. The van der Waals surface area contributed by atoms with Crippen molar-refractivity contribution < 1.29 is 9.90 Å². The summed E-state index contributed by atoms with van der Waals surface area (Å²) in [7, 11) is 1.89. The number of rotatable bonds is 4. The van der Waals surface area contributed by atoms with Crippen molar-refractivity contribution in [3.8, 4) is 6.07 Å². The molecule has 0 bridgehead atoms. The van der Waals surface area contributed by atoms with E-state index in [0.717, 1.165) is 40.9 Å². The highest BCUT2D eigenvalue weighted by molar-refractivity contribution is 6.06. The van der Waals surface area contributed by atoms with Crippen molar-refractivity contribution in [2.24, 2.45) is 18.4 Å². The Hall–Kier alpha value is -3.39. The van der Waals surface area contributed by atoms with E-state index < -0.39 is 5.97 Å². The van der Waals surface area contributed by atoms with Crippen LogP contribution in [-0.2, 0) is 13.5 Å². The topological polar surface area (TPSA) is 78.9 Å². The molecule has 4 rings (SSSR count). The zero-order valence-corrected chi connectivity index (χ0v) is 19.4. The molecule has 0 saturated carbocycles. The van der Waals surface area contributed by atoms with Gasteiger partial charge in [0.1, 0.15) is 11.8 Å². The van der Waals surface area contributed by atoms with E-state index in [9.17, 15) is 15.2 Å². The lowest BCUT2D eigenvalue weighted by atomic mass is 9.67. The molecule has 32 heavy (non-hydrogen) atoms. The first kappa shape index (κ1) is 21.8. The number of carboxylic acid groups (broad SMARTS) is 1. The van der Waals surface area contributed by atoms with Gasteiger partial charge in [0.25, 0.3) is 0 Å². The van der Waals surface area contributed by atoms with Crippen LogP contribution >= 0.6 is 0 Å². The number of pyridine rings is 1. The van der Waals surface area contributed by atoms with Crippen molar-refractivity contribution in [2.45, 2.75) is 47.0 Å². The normalized spacial score (nSPS) is 17.4. The summed E-state index contributed by atoms with van der Waals surface area (Å²) in [5, 5.41) is 20.3. The summed E-state index contributed by atoms with van der Waals surface area (Å²) in [5.74, 6) is -0.608. The number of benzene rings is 1. The van der Waals surface area contributed by atoms with Crippen molar-refractivity contribution in [2.75, 3.05) is 0 Å². The lowest BCUT2D eigenvalue weighted by molar-refractivity contribution is 0.0696. The van der Waals surface area contributed by atoms with E-state index in [-0.39, 0.29) is 5.41 Å². The number of nitrogens with zero attached hydrogens (tertiary/aromatic N) is 3. The number of allylic oxidation sites excluding steroid dienone is 1. The molecule has 5 heteroatoms. The first-order chi connectivity index (χ1) is 15.2. The van der Waals surface area contributed by atoms with Gasteiger partial charge in [-0.25, -0.2) is 9.78 Å². The summed E-state index contributed by atoms with van der Waals surface area (Å²) in [6, 6.07) is 11.6. The highest BCUT2D eigenvalue weighted by Crippen LogP contribution is 2.46. The molecule has 1 unspecified atom stereocenters. The standard InChI is InChI=1S/C27H29N3O2/c1-6-27(3,4)19-12-18(11-17-13-20(15-28)30(5)16(17)2)25-22(14-19)24(26(31)32)21-9-7-8-10-23(21)29-25/h7-11,13,19H,6,12,14H2,1-5H3,(H,31,32)/b18-11+. The van der Waals surface area contributed by atoms with E-state index in [1.54, 1.807) is 0 Å². The van der Waals surface area contributed by atoms with Gasteiger partial charge >= 0.3 is 5.97 Å². The summed E-state index contributed by atoms with van der Waals surface area (Å²) in [5.41, 5.74) is 6.37. The molecule has 0 fully saturated rings. The van der Waals surface area contributed by atoms with Crippen molar-refractivity contribution in [1.82, 2.24) is 9.55 Å². The molecule has 1 atom stereocenters. The molecule has 0 saturated heterocycles. The monoisotopic (exact) mass is 427 g/mol. The lowest BCUT2D eigenvalue weighted by Gasteiger charge is -2.38. The number of carbonyl (C=O) groups is 1. The Morgan fingerprint density at radius 1 is 1.34 bits per heavy atom. The van der Waals surface area contributed by atoms with Crippen LogP contribution in [0.15, 0.2) is 30.3 Å². The maximum Gasteiger partial charge on any atom is 0.336 e. The van der Waals surface area contributed by atoms with Crippen LogP contribution in [0.1, 0.15) is 72.2 Å². The molecule has 5 nitrogen and oxygen atoms in total. The summed E-state index contributed by atoms with van der Waals surface area (Å²) in [6.07, 6.45) is 4.64. The molecule has 1 aromatic carbocycles. The Labute approximate surface area is 189 Å². The van der Waals surface area contributed by atoms with Crippen molar-refractivity contribution in [3.63, 3.8) is 0 Å². The SMILES string of the molecule is CCC(C)(C)C1C/C(=C\c2cc(C#N)n(C)c2C)c2nc3ccccc3c(C(=O)O)c2C1. The molecule has 1 N–H and O–H groups in total. The number of fused-ring (bicyclic) bond motifs is 2. The molecule has 164 valence electrons. The van der Waals surface area contributed by atoms with Crippen LogP contribution in [0.4, 0.5) is 0 Å². The number of aromatic nitrogens is 2. The second-order valence-corrected chi connectivity index (χ2v) is 9.49. The lowest BCUT2D eigenvalue weighted by Crippen LogP contribution is -2.30. The van der Waals surface area contributed by atoms with E-state index in [2.05, 4.69) is 32.9 Å². The minimum Gasteiger partial charge on any atom is -0.478 e. The third-order valence-electron chi connectivity index (χ3n) is 7.46. The Morgan fingerprint density at radius 2 is 2.06 bits per heavy atom. The highest BCUT2D eigenvalue weighted by Gasteiger charge is 2.36. The van der Waals surface area contributed by atoms with E-state index in [1.165, 1.54) is 0 Å². The molecule has 2 heterocycles. The van der Waals surface area contributed by atoms with Crippen LogP contribution in [0.3, 0.4) is 0 Å². The summed E-state index contributed by atoms with van der Waals surface area (Å²) in [4.78, 5) is 17.4. The first-order valence-electron chi connectivity index (χ1n) is 11.1. The average Bonchev–Trinajstić information content (AvgIpc) is 3.05.